The Balaban J connectivity index is 1.68. The van der Waals surface area contributed by atoms with Gasteiger partial charge >= 0.3 is 18.2 Å². The summed E-state index contributed by atoms with van der Waals surface area (Å²) in [7, 11) is 0. The van der Waals surface area contributed by atoms with Gasteiger partial charge in [0.25, 0.3) is 0 Å². The highest BCUT2D eigenvalue weighted by atomic mass is 16.6. The minimum atomic E-state index is -0.952. The van der Waals surface area contributed by atoms with Crippen molar-refractivity contribution in [2.24, 2.45) is 11.8 Å². The number of nitrogens with one attached hydrogen (secondary N) is 3. The molecule has 14 nitrogen and oxygen atoms in total. The topological polar surface area (TPSA) is 176 Å². The van der Waals surface area contributed by atoms with Crippen LogP contribution in [0.4, 0.5) is 9.59 Å². The van der Waals surface area contributed by atoms with Crippen molar-refractivity contribution in [3.8, 4) is 0 Å². The summed E-state index contributed by atoms with van der Waals surface area (Å²) < 4.78 is 16.7. The first-order chi connectivity index (χ1) is 27.5. The van der Waals surface area contributed by atoms with Gasteiger partial charge < -0.3 is 35.1 Å². The molecular weight excluding hydrogens is 755 g/mol. The number of nitrogens with zero attached hydrogens (tertiary/aromatic N) is 2. The summed E-state index contributed by atoms with van der Waals surface area (Å²) in [5.74, 6) is -1.58. The first-order valence-electron chi connectivity index (χ1n) is 21.4. The molecule has 2 fully saturated rings. The molecule has 59 heavy (non-hydrogen) atoms. The Labute approximate surface area is 352 Å². The summed E-state index contributed by atoms with van der Waals surface area (Å²) in [4.78, 5) is 68.6. The van der Waals surface area contributed by atoms with E-state index in [-0.39, 0.29) is 24.3 Å². The number of hydroxylamine groups is 2. The number of amides is 4. The second kappa shape index (κ2) is 21.9. The minimum absolute atomic E-state index is 0.215. The average molecular weight is 827 g/mol. The lowest BCUT2D eigenvalue weighted by Crippen LogP contribution is -2.60. The van der Waals surface area contributed by atoms with Gasteiger partial charge in [-0.25, -0.2) is 14.4 Å². The summed E-state index contributed by atoms with van der Waals surface area (Å²) in [5.41, 5.74) is -1.05. The van der Waals surface area contributed by atoms with Crippen molar-refractivity contribution < 1.29 is 43.4 Å². The molecule has 2 aliphatic rings. The molecule has 331 valence electrons. The van der Waals surface area contributed by atoms with E-state index in [2.05, 4.69) is 29.8 Å². The normalized spacial score (nSPS) is 19.9. The predicted octanol–water partition coefficient (Wildman–Crippen LogP) is 7.03. The van der Waals surface area contributed by atoms with Crippen molar-refractivity contribution in [1.29, 1.82) is 0 Å². The van der Waals surface area contributed by atoms with Crippen LogP contribution < -0.4 is 16.0 Å². The maximum atomic E-state index is 14.4. The van der Waals surface area contributed by atoms with Crippen molar-refractivity contribution in [1.82, 2.24) is 25.9 Å². The van der Waals surface area contributed by atoms with Crippen LogP contribution in [-0.4, -0.2) is 100 Å². The summed E-state index contributed by atoms with van der Waals surface area (Å²) >= 11 is 0. The summed E-state index contributed by atoms with van der Waals surface area (Å²) in [5, 5.41) is 22.4. The molecule has 0 aliphatic carbocycles. The molecule has 1 aromatic carbocycles. The van der Waals surface area contributed by atoms with Crippen LogP contribution in [0.3, 0.4) is 0 Å². The zero-order valence-corrected chi connectivity index (χ0v) is 37.4. The largest absolute Gasteiger partial charge is 0.461 e. The van der Waals surface area contributed by atoms with Crippen LogP contribution in [0.25, 0.3) is 0 Å². The van der Waals surface area contributed by atoms with Crippen LogP contribution in [0.1, 0.15) is 133 Å². The number of hydrogen-bond donors (Lipinski definition) is 3. The first-order valence-corrected chi connectivity index (χ1v) is 21.4. The summed E-state index contributed by atoms with van der Waals surface area (Å²) in [6, 6.07) is 7.53. The van der Waals surface area contributed by atoms with Crippen LogP contribution in [0.15, 0.2) is 42.5 Å². The molecule has 2 heterocycles. The van der Waals surface area contributed by atoms with E-state index in [1.165, 1.54) is 0 Å². The molecule has 0 spiro atoms. The molecule has 2 aliphatic heterocycles. The highest BCUT2D eigenvalue weighted by Gasteiger charge is 2.47. The Morgan fingerprint density at radius 2 is 1.54 bits per heavy atom. The maximum Gasteiger partial charge on any atom is 0.408 e. The minimum Gasteiger partial charge on any atom is -0.461 e. The predicted molar refractivity (Wildman–Crippen MR) is 225 cm³/mol. The number of piperidine rings is 1. The monoisotopic (exact) mass is 827 g/mol. The molecule has 1 aromatic rings. The number of carbonyl (C=O) groups is 5. The van der Waals surface area contributed by atoms with Gasteiger partial charge in [-0.05, 0) is 119 Å². The highest BCUT2D eigenvalue weighted by Crippen LogP contribution is 2.38. The fourth-order valence-corrected chi connectivity index (χ4v) is 7.99. The number of benzene rings is 1. The molecule has 4 atom stereocenters. The molecular formula is C45H72N5O9. The first kappa shape index (κ1) is 49.2. The van der Waals surface area contributed by atoms with Crippen LogP contribution in [0, 0.1) is 11.8 Å². The average Bonchev–Trinajstić information content (AvgIpc) is 3.60. The number of ether oxygens (including phenoxy) is 3. The molecule has 0 bridgehead atoms. The van der Waals surface area contributed by atoms with E-state index in [4.69, 9.17) is 14.2 Å². The molecule has 3 N–H and O–H groups in total. The number of hydrogen-bond acceptors (Lipinski definition) is 9. The van der Waals surface area contributed by atoms with Crippen molar-refractivity contribution in [2.75, 3.05) is 13.1 Å². The van der Waals surface area contributed by atoms with E-state index in [9.17, 15) is 29.2 Å². The van der Waals surface area contributed by atoms with Gasteiger partial charge in [-0.1, -0.05) is 56.3 Å². The van der Waals surface area contributed by atoms with Gasteiger partial charge in [-0.3, -0.25) is 9.59 Å². The Morgan fingerprint density at radius 1 is 0.898 bits per heavy atom. The number of unbranched alkanes of at least 4 members (excludes halogenated alkanes) is 1. The number of esters is 1. The third kappa shape index (κ3) is 16.4. The summed E-state index contributed by atoms with van der Waals surface area (Å²) in [6.45, 7) is 21.0. The molecule has 14 heteroatoms. The molecule has 0 unspecified atom stereocenters. The maximum absolute atomic E-state index is 14.4. The lowest BCUT2D eigenvalue weighted by atomic mass is 9.80. The van der Waals surface area contributed by atoms with E-state index in [1.54, 1.807) is 39.5 Å². The van der Waals surface area contributed by atoms with Gasteiger partial charge in [0.05, 0.1) is 18.1 Å². The summed E-state index contributed by atoms with van der Waals surface area (Å²) in [6.07, 6.45) is 5.97. The third-order valence-electron chi connectivity index (χ3n) is 10.4. The molecule has 2 saturated heterocycles. The van der Waals surface area contributed by atoms with Crippen molar-refractivity contribution in [2.45, 2.75) is 181 Å². The van der Waals surface area contributed by atoms with Gasteiger partial charge in [0.2, 0.25) is 11.8 Å². The SMILES string of the molecule is CC(C)C[C@@H](/C=C/[C@H](Cc1ccccc1)C(=O)N1CCC[C@H]1C(=O)N[C@H](CCCCNC(=O)OC1CC(C)(C)N([O])C(C)(C)C1)C(=O)OC(C)C)NC(=O)OC(C)(C)C. The smallest absolute Gasteiger partial charge is 0.408 e. The van der Waals surface area contributed by atoms with Gasteiger partial charge in [0.15, 0.2) is 0 Å². The fraction of sp³-hybridized carbons (Fsp3) is 0.711. The molecule has 3 rings (SSSR count). The number of carbonyl (C=O) groups excluding carboxylic acids is 5. The molecule has 0 aromatic heterocycles. The van der Waals surface area contributed by atoms with Gasteiger partial charge in [0.1, 0.15) is 23.8 Å². The van der Waals surface area contributed by atoms with Crippen molar-refractivity contribution in [3.05, 3.63) is 48.0 Å². The van der Waals surface area contributed by atoms with Crippen LogP contribution in [0.5, 0.6) is 0 Å². The van der Waals surface area contributed by atoms with E-state index in [0.29, 0.717) is 64.5 Å². The van der Waals surface area contributed by atoms with Gasteiger partial charge in [-0.2, -0.15) is 0 Å². The van der Waals surface area contributed by atoms with Gasteiger partial charge in [-0.15, -0.1) is 10.3 Å². The second-order valence-corrected chi connectivity index (χ2v) is 19.1. The highest BCUT2D eigenvalue weighted by molar-refractivity contribution is 5.92. The molecule has 0 saturated carbocycles. The van der Waals surface area contributed by atoms with E-state index < -0.39 is 71.0 Å². The Hall–Kier alpha value is -4.17. The van der Waals surface area contributed by atoms with Crippen LogP contribution in [0.2, 0.25) is 0 Å². The fourth-order valence-electron chi connectivity index (χ4n) is 7.99. The van der Waals surface area contributed by atoms with E-state index in [1.807, 2.05) is 70.2 Å². The third-order valence-corrected chi connectivity index (χ3v) is 10.4. The van der Waals surface area contributed by atoms with E-state index >= 15 is 0 Å². The second-order valence-electron chi connectivity index (χ2n) is 19.1. The zero-order chi connectivity index (χ0) is 44.1. The van der Waals surface area contributed by atoms with Crippen molar-refractivity contribution >= 4 is 30.0 Å². The van der Waals surface area contributed by atoms with Gasteiger partial charge in [0, 0.05) is 37.0 Å². The number of likely N-dealkylation sites (tertiary alicyclic amines) is 1. The standard InChI is InChI=1S/C45H72N5O9/c1-30(2)26-34(47-42(55)59-43(5,6)7)23-22-33(27-32-18-13-12-14-19-32)39(52)49-25-17-21-37(49)38(51)48-36(40(53)57-31(3)4)20-15-16-24-46-41(54)58-35-28-44(8,9)50(56)45(10,11)29-35/h12-14,18-19,22-23,30-31,33-37H,15-17,20-21,24-29H2,1-11H3,(H,46,54)(H,47,55)(H,48,51)/b23-22+/t33-,34-,36-,37+/m1/s1. The number of rotatable bonds is 18. The number of alkyl carbamates (subject to hydrolysis) is 2. The molecule has 4 amide bonds. The zero-order valence-electron chi connectivity index (χ0n) is 37.4. The van der Waals surface area contributed by atoms with Crippen molar-refractivity contribution in [3.63, 3.8) is 0 Å². The quantitative estimate of drug-likeness (QED) is 0.0607. The lowest BCUT2D eigenvalue weighted by molar-refractivity contribution is -0.298. The molecule has 1 radical (unpaired) electrons. The lowest BCUT2D eigenvalue weighted by Gasteiger charge is -2.49. The van der Waals surface area contributed by atoms with Crippen LogP contribution >= 0.6 is 0 Å². The Morgan fingerprint density at radius 3 is 2.14 bits per heavy atom. The van der Waals surface area contributed by atoms with Crippen LogP contribution in [-0.2, 0) is 40.2 Å². The Bertz CT molecular complexity index is 1550. The Kier molecular flexibility index (Phi) is 18.3. The van der Waals surface area contributed by atoms with E-state index in [0.717, 1.165) is 10.6 Å².